The lowest BCUT2D eigenvalue weighted by molar-refractivity contribution is -0.141. The summed E-state index contributed by atoms with van der Waals surface area (Å²) >= 11 is 24.4. The third-order valence-electron chi connectivity index (χ3n) is 5.31. The van der Waals surface area contributed by atoms with E-state index in [2.05, 4.69) is 5.32 Å². The molecule has 3 amide bonds. The molecule has 5 N–H and O–H groups in total. The monoisotopic (exact) mass is 575 g/mol. The van der Waals surface area contributed by atoms with Gasteiger partial charge in [0.05, 0.1) is 19.6 Å². The number of carbonyl (C=O) groups is 3. The molecule has 36 heavy (non-hydrogen) atoms. The number of benzene rings is 2. The number of hydrogen-bond acceptors (Lipinski definition) is 5. The van der Waals surface area contributed by atoms with E-state index in [1.165, 1.54) is 9.80 Å². The summed E-state index contributed by atoms with van der Waals surface area (Å²) in [6, 6.07) is 10.2. The van der Waals surface area contributed by atoms with E-state index < -0.39 is 11.8 Å². The lowest BCUT2D eigenvalue weighted by atomic mass is 10.1. The molecular formula is C24H29Cl4N5O3. The van der Waals surface area contributed by atoms with Crippen LogP contribution < -0.4 is 16.8 Å². The van der Waals surface area contributed by atoms with Crippen LogP contribution in [0.1, 0.15) is 11.1 Å². The summed E-state index contributed by atoms with van der Waals surface area (Å²) in [6.45, 7) is 0.702. The van der Waals surface area contributed by atoms with E-state index in [1.54, 1.807) is 36.4 Å². The van der Waals surface area contributed by atoms with Crippen LogP contribution in [-0.2, 0) is 27.2 Å². The summed E-state index contributed by atoms with van der Waals surface area (Å²) in [4.78, 5) is 40.5. The third-order valence-corrected chi connectivity index (χ3v) is 6.48. The van der Waals surface area contributed by atoms with Crippen LogP contribution in [0.3, 0.4) is 0 Å². The van der Waals surface area contributed by atoms with Crippen molar-refractivity contribution < 1.29 is 14.4 Å². The zero-order valence-corrected chi connectivity index (χ0v) is 22.6. The van der Waals surface area contributed by atoms with Gasteiger partial charge in [0, 0.05) is 46.3 Å². The Hall–Kier alpha value is -2.07. The standard InChI is InChI=1S/C24H29Cl4N5O3/c25-18-3-1-16(20(27)11-18)5-9-32(14-22(30)34)24(36)15-33(23(35)13-31-8-7-29)10-6-17-2-4-19(26)12-21(17)28/h1-4,11-12,31H,5-10,13-15,29H2,(H2,30,34). The summed E-state index contributed by atoms with van der Waals surface area (Å²) in [7, 11) is 0. The van der Waals surface area contributed by atoms with Crippen LogP contribution in [0.4, 0.5) is 0 Å². The normalized spacial score (nSPS) is 10.8. The Morgan fingerprint density at radius 1 is 0.778 bits per heavy atom. The van der Waals surface area contributed by atoms with Crippen molar-refractivity contribution in [3.05, 3.63) is 67.6 Å². The number of carbonyl (C=O) groups excluding carboxylic acids is 3. The molecule has 12 heteroatoms. The summed E-state index contributed by atoms with van der Waals surface area (Å²) < 4.78 is 0. The number of nitrogens with two attached hydrogens (primary N) is 2. The molecule has 2 aromatic rings. The number of hydrogen-bond donors (Lipinski definition) is 3. The first kappa shape index (κ1) is 30.2. The largest absolute Gasteiger partial charge is 0.368 e. The first-order valence-electron chi connectivity index (χ1n) is 11.2. The van der Waals surface area contributed by atoms with Gasteiger partial charge in [-0.3, -0.25) is 14.4 Å². The maximum Gasteiger partial charge on any atom is 0.242 e. The number of nitrogens with one attached hydrogen (secondary N) is 1. The molecule has 0 heterocycles. The highest BCUT2D eigenvalue weighted by molar-refractivity contribution is 6.35. The minimum atomic E-state index is -0.666. The maximum atomic E-state index is 13.2. The summed E-state index contributed by atoms with van der Waals surface area (Å²) in [5.74, 6) is -1.38. The molecule has 0 aromatic heterocycles. The van der Waals surface area contributed by atoms with Crippen LogP contribution in [0, 0.1) is 0 Å². The Labute approximate surface area is 230 Å². The molecule has 2 aromatic carbocycles. The quantitative estimate of drug-likeness (QED) is 0.299. The number of primary amides is 1. The number of amides is 3. The third kappa shape index (κ3) is 10.1. The van der Waals surface area contributed by atoms with Crippen molar-refractivity contribution in [2.45, 2.75) is 12.8 Å². The first-order valence-corrected chi connectivity index (χ1v) is 12.7. The van der Waals surface area contributed by atoms with E-state index in [0.29, 0.717) is 46.0 Å². The van der Waals surface area contributed by atoms with Crippen LogP contribution in [-0.4, -0.2) is 73.3 Å². The maximum absolute atomic E-state index is 13.2. The van der Waals surface area contributed by atoms with Gasteiger partial charge in [0.2, 0.25) is 17.7 Å². The zero-order valence-electron chi connectivity index (χ0n) is 19.6. The Morgan fingerprint density at radius 2 is 1.28 bits per heavy atom. The molecule has 0 unspecified atom stereocenters. The molecule has 0 bridgehead atoms. The Bertz CT molecular complexity index is 1070. The highest BCUT2D eigenvalue weighted by atomic mass is 35.5. The smallest absolute Gasteiger partial charge is 0.242 e. The highest BCUT2D eigenvalue weighted by Crippen LogP contribution is 2.22. The molecular weight excluding hydrogens is 548 g/mol. The zero-order chi connectivity index (χ0) is 26.7. The van der Waals surface area contributed by atoms with Gasteiger partial charge in [-0.25, -0.2) is 0 Å². The van der Waals surface area contributed by atoms with Crippen LogP contribution in [0.2, 0.25) is 20.1 Å². The number of rotatable bonds is 14. The van der Waals surface area contributed by atoms with Crippen LogP contribution >= 0.6 is 46.4 Å². The van der Waals surface area contributed by atoms with E-state index in [4.69, 9.17) is 57.9 Å². The second-order valence-corrected chi connectivity index (χ2v) is 9.72. The van der Waals surface area contributed by atoms with E-state index in [1.807, 2.05) is 0 Å². The van der Waals surface area contributed by atoms with Crippen molar-refractivity contribution in [2.75, 3.05) is 45.8 Å². The second-order valence-electron chi connectivity index (χ2n) is 8.03. The minimum absolute atomic E-state index is 0.00896. The van der Waals surface area contributed by atoms with Gasteiger partial charge in [0.1, 0.15) is 0 Å². The van der Waals surface area contributed by atoms with Crippen molar-refractivity contribution in [3.63, 3.8) is 0 Å². The second kappa shape index (κ2) is 15.2. The van der Waals surface area contributed by atoms with E-state index in [0.717, 1.165) is 11.1 Å². The Balaban J connectivity index is 2.13. The SMILES string of the molecule is NCCNCC(=O)N(CCc1ccc(Cl)cc1Cl)CC(=O)N(CCc1ccc(Cl)cc1Cl)CC(N)=O. The average Bonchev–Trinajstić information content (AvgIpc) is 2.81. The van der Waals surface area contributed by atoms with Gasteiger partial charge in [-0.2, -0.15) is 0 Å². The molecule has 0 aliphatic rings. The van der Waals surface area contributed by atoms with Gasteiger partial charge in [-0.05, 0) is 48.2 Å². The predicted molar refractivity (Wildman–Crippen MR) is 145 cm³/mol. The minimum Gasteiger partial charge on any atom is -0.368 e. The summed E-state index contributed by atoms with van der Waals surface area (Å²) in [5, 5.41) is 4.86. The predicted octanol–water partition coefficient (Wildman–Crippen LogP) is 2.78. The van der Waals surface area contributed by atoms with Crippen LogP contribution in [0.25, 0.3) is 0 Å². The molecule has 8 nitrogen and oxygen atoms in total. The molecule has 0 saturated carbocycles. The lowest BCUT2D eigenvalue weighted by Gasteiger charge is -2.27. The molecule has 0 saturated heterocycles. The summed E-state index contributed by atoms with van der Waals surface area (Å²) in [6.07, 6.45) is 0.781. The van der Waals surface area contributed by atoms with Gasteiger partial charge in [0.15, 0.2) is 0 Å². The van der Waals surface area contributed by atoms with Crippen LogP contribution in [0.5, 0.6) is 0 Å². The topological polar surface area (TPSA) is 122 Å². The molecule has 196 valence electrons. The molecule has 2 rings (SSSR count). The molecule has 0 radical (unpaired) electrons. The van der Waals surface area contributed by atoms with Gasteiger partial charge >= 0.3 is 0 Å². The number of halogens is 4. The van der Waals surface area contributed by atoms with E-state index in [-0.39, 0.29) is 38.6 Å². The van der Waals surface area contributed by atoms with Crippen molar-refractivity contribution in [2.24, 2.45) is 11.5 Å². The fourth-order valence-electron chi connectivity index (χ4n) is 3.40. The lowest BCUT2D eigenvalue weighted by Crippen LogP contribution is -2.48. The Kier molecular flexibility index (Phi) is 12.8. The van der Waals surface area contributed by atoms with Crippen molar-refractivity contribution in [1.29, 1.82) is 0 Å². The molecule has 0 atom stereocenters. The van der Waals surface area contributed by atoms with Crippen molar-refractivity contribution in [3.8, 4) is 0 Å². The molecule has 0 fully saturated rings. The van der Waals surface area contributed by atoms with Gasteiger partial charge in [-0.15, -0.1) is 0 Å². The molecule has 0 spiro atoms. The fraction of sp³-hybridized carbons (Fsp3) is 0.375. The van der Waals surface area contributed by atoms with Crippen LogP contribution in [0.15, 0.2) is 36.4 Å². The first-order chi connectivity index (χ1) is 17.1. The molecule has 0 aliphatic carbocycles. The van der Waals surface area contributed by atoms with Gasteiger partial charge in [-0.1, -0.05) is 58.5 Å². The summed E-state index contributed by atoms with van der Waals surface area (Å²) in [5.41, 5.74) is 12.4. The van der Waals surface area contributed by atoms with Crippen molar-refractivity contribution in [1.82, 2.24) is 15.1 Å². The molecule has 0 aliphatic heterocycles. The van der Waals surface area contributed by atoms with Crippen molar-refractivity contribution >= 4 is 64.1 Å². The van der Waals surface area contributed by atoms with E-state index in [9.17, 15) is 14.4 Å². The number of nitrogens with zero attached hydrogens (tertiary/aromatic N) is 2. The van der Waals surface area contributed by atoms with Gasteiger partial charge in [0.25, 0.3) is 0 Å². The Morgan fingerprint density at radius 3 is 1.72 bits per heavy atom. The van der Waals surface area contributed by atoms with Gasteiger partial charge < -0.3 is 26.6 Å². The fourth-order valence-corrected chi connectivity index (χ4v) is 4.41. The van der Waals surface area contributed by atoms with E-state index >= 15 is 0 Å². The highest BCUT2D eigenvalue weighted by Gasteiger charge is 2.23. The average molecular weight is 577 g/mol.